The molecule has 1 fully saturated rings. The van der Waals surface area contributed by atoms with E-state index in [0.29, 0.717) is 0 Å². The minimum Gasteiger partial charge on any atom is -0.336 e. The van der Waals surface area contributed by atoms with Crippen molar-refractivity contribution in [1.82, 2.24) is 10.6 Å². The number of hydrogen-bond donors (Lipinski definition) is 3. The zero-order valence-electron chi connectivity index (χ0n) is 11.0. The summed E-state index contributed by atoms with van der Waals surface area (Å²) in [6.45, 7) is 7.67. The SMILES string of the molecule is CC(C)NC(=O)NC(=O)[C@@H](C)[NH+]1CCCCC1. The second kappa shape index (κ2) is 6.59. The van der Waals surface area contributed by atoms with Gasteiger partial charge in [0.2, 0.25) is 0 Å². The molecule has 98 valence electrons. The molecule has 1 saturated heterocycles. The molecule has 1 rings (SSSR count). The molecule has 0 bridgehead atoms. The summed E-state index contributed by atoms with van der Waals surface area (Å²) in [5.41, 5.74) is 0. The van der Waals surface area contributed by atoms with Gasteiger partial charge < -0.3 is 10.2 Å². The van der Waals surface area contributed by atoms with Crippen LogP contribution in [0.5, 0.6) is 0 Å². The van der Waals surface area contributed by atoms with Gasteiger partial charge in [-0.05, 0) is 40.0 Å². The van der Waals surface area contributed by atoms with Crippen LogP contribution in [-0.2, 0) is 4.79 Å². The van der Waals surface area contributed by atoms with E-state index in [0.717, 1.165) is 13.1 Å². The summed E-state index contributed by atoms with van der Waals surface area (Å²) in [4.78, 5) is 24.5. The lowest BCUT2D eigenvalue weighted by atomic mass is 10.1. The number of hydrogen-bond acceptors (Lipinski definition) is 2. The van der Waals surface area contributed by atoms with Gasteiger partial charge in [0.1, 0.15) is 0 Å². The third-order valence-electron chi connectivity index (χ3n) is 3.16. The van der Waals surface area contributed by atoms with Gasteiger partial charge in [-0.2, -0.15) is 0 Å². The van der Waals surface area contributed by atoms with Gasteiger partial charge in [-0.25, -0.2) is 4.79 Å². The number of carbonyl (C=O) groups is 2. The van der Waals surface area contributed by atoms with Crippen molar-refractivity contribution in [2.24, 2.45) is 0 Å². The van der Waals surface area contributed by atoms with Gasteiger partial charge in [-0.15, -0.1) is 0 Å². The van der Waals surface area contributed by atoms with Gasteiger partial charge in [0.15, 0.2) is 6.04 Å². The fraction of sp³-hybridized carbons (Fsp3) is 0.833. The van der Waals surface area contributed by atoms with Gasteiger partial charge >= 0.3 is 6.03 Å². The molecule has 1 heterocycles. The van der Waals surface area contributed by atoms with E-state index in [1.165, 1.54) is 24.2 Å². The molecule has 0 unspecified atom stereocenters. The van der Waals surface area contributed by atoms with Crippen molar-refractivity contribution < 1.29 is 14.5 Å². The summed E-state index contributed by atoms with van der Waals surface area (Å²) in [5.74, 6) is -0.181. The summed E-state index contributed by atoms with van der Waals surface area (Å²) in [5, 5.41) is 5.05. The zero-order valence-corrected chi connectivity index (χ0v) is 11.0. The highest BCUT2D eigenvalue weighted by Crippen LogP contribution is 1.96. The molecular weight excluding hydrogens is 218 g/mol. The number of likely N-dealkylation sites (tertiary alicyclic amines) is 1. The number of piperidine rings is 1. The van der Waals surface area contributed by atoms with Crippen molar-refractivity contribution in [2.75, 3.05) is 13.1 Å². The molecule has 0 radical (unpaired) electrons. The molecule has 0 aliphatic carbocycles. The lowest BCUT2D eigenvalue weighted by molar-refractivity contribution is -0.918. The maximum absolute atomic E-state index is 11.8. The summed E-state index contributed by atoms with van der Waals surface area (Å²) >= 11 is 0. The highest BCUT2D eigenvalue weighted by atomic mass is 16.2. The molecule has 3 amide bonds. The van der Waals surface area contributed by atoms with Crippen LogP contribution < -0.4 is 15.5 Å². The second-order valence-electron chi connectivity index (χ2n) is 5.06. The summed E-state index contributed by atoms with van der Waals surface area (Å²) in [6.07, 6.45) is 3.60. The zero-order chi connectivity index (χ0) is 12.8. The van der Waals surface area contributed by atoms with E-state index in [4.69, 9.17) is 0 Å². The summed E-state index contributed by atoms with van der Waals surface area (Å²) in [6, 6.07) is -0.498. The standard InChI is InChI=1S/C12H23N3O2/c1-9(2)13-12(17)14-11(16)10(3)15-7-5-4-6-8-15/h9-10H,4-8H2,1-3H3,(H2,13,14,16,17)/p+1/t10-/m1/s1. The van der Waals surface area contributed by atoms with Crippen LogP contribution >= 0.6 is 0 Å². The van der Waals surface area contributed by atoms with Gasteiger partial charge in [0, 0.05) is 6.04 Å². The molecule has 1 aliphatic heterocycles. The van der Waals surface area contributed by atoms with Crippen LogP contribution in [0, 0.1) is 0 Å². The van der Waals surface area contributed by atoms with Crippen LogP contribution in [-0.4, -0.2) is 37.1 Å². The molecule has 1 atom stereocenters. The quantitative estimate of drug-likeness (QED) is 0.635. The average molecular weight is 242 g/mol. The minimum absolute atomic E-state index is 0.0421. The predicted molar refractivity (Wildman–Crippen MR) is 65.8 cm³/mol. The van der Waals surface area contributed by atoms with Gasteiger partial charge in [-0.1, -0.05) is 0 Å². The van der Waals surface area contributed by atoms with Crippen molar-refractivity contribution in [3.8, 4) is 0 Å². The van der Waals surface area contributed by atoms with Crippen LogP contribution in [0.2, 0.25) is 0 Å². The minimum atomic E-state index is -0.395. The number of carbonyl (C=O) groups excluding carboxylic acids is 2. The first-order chi connectivity index (χ1) is 8.00. The summed E-state index contributed by atoms with van der Waals surface area (Å²) < 4.78 is 0. The van der Waals surface area contributed by atoms with E-state index in [1.54, 1.807) is 0 Å². The Kier molecular flexibility index (Phi) is 5.41. The van der Waals surface area contributed by atoms with E-state index in [-0.39, 0.29) is 18.0 Å². The Morgan fingerprint density at radius 1 is 1.06 bits per heavy atom. The van der Waals surface area contributed by atoms with Crippen molar-refractivity contribution in [1.29, 1.82) is 0 Å². The van der Waals surface area contributed by atoms with Crippen LogP contribution in [0.1, 0.15) is 40.0 Å². The number of rotatable bonds is 3. The van der Waals surface area contributed by atoms with Crippen LogP contribution in [0.25, 0.3) is 0 Å². The molecule has 5 nitrogen and oxygen atoms in total. The monoisotopic (exact) mass is 242 g/mol. The maximum Gasteiger partial charge on any atom is 0.321 e. The van der Waals surface area contributed by atoms with Crippen molar-refractivity contribution >= 4 is 11.9 Å². The number of nitrogens with one attached hydrogen (secondary N) is 3. The molecule has 0 spiro atoms. The fourth-order valence-corrected chi connectivity index (χ4v) is 2.14. The third-order valence-corrected chi connectivity index (χ3v) is 3.16. The Hall–Kier alpha value is -1.10. The van der Waals surface area contributed by atoms with Crippen molar-refractivity contribution in [3.63, 3.8) is 0 Å². The van der Waals surface area contributed by atoms with E-state index in [9.17, 15) is 9.59 Å². The van der Waals surface area contributed by atoms with Crippen LogP contribution in [0.4, 0.5) is 4.79 Å². The molecule has 5 heteroatoms. The van der Waals surface area contributed by atoms with Crippen molar-refractivity contribution in [3.05, 3.63) is 0 Å². The number of urea groups is 1. The lowest BCUT2D eigenvalue weighted by Crippen LogP contribution is -3.17. The predicted octanol–water partition coefficient (Wildman–Crippen LogP) is -0.322. The molecular formula is C12H24N3O2+. The smallest absolute Gasteiger partial charge is 0.321 e. The molecule has 3 N–H and O–H groups in total. The molecule has 0 aromatic carbocycles. The first kappa shape index (κ1) is 14.0. The largest absolute Gasteiger partial charge is 0.336 e. The summed E-state index contributed by atoms with van der Waals surface area (Å²) in [7, 11) is 0. The molecule has 0 saturated carbocycles. The van der Waals surface area contributed by atoms with Crippen LogP contribution in [0.3, 0.4) is 0 Å². The molecule has 0 aromatic rings. The van der Waals surface area contributed by atoms with Crippen molar-refractivity contribution in [2.45, 2.75) is 52.1 Å². The lowest BCUT2D eigenvalue weighted by Gasteiger charge is -2.28. The van der Waals surface area contributed by atoms with Gasteiger partial charge in [0.05, 0.1) is 13.1 Å². The average Bonchev–Trinajstić information content (AvgIpc) is 2.28. The second-order valence-corrected chi connectivity index (χ2v) is 5.06. The Morgan fingerprint density at radius 3 is 2.18 bits per heavy atom. The molecule has 17 heavy (non-hydrogen) atoms. The highest BCUT2D eigenvalue weighted by Gasteiger charge is 2.27. The Labute approximate surface area is 103 Å². The normalized spacial score (nSPS) is 18.8. The van der Waals surface area contributed by atoms with E-state index < -0.39 is 6.03 Å². The highest BCUT2D eigenvalue weighted by molar-refractivity contribution is 5.96. The van der Waals surface area contributed by atoms with E-state index in [2.05, 4.69) is 10.6 Å². The van der Waals surface area contributed by atoms with Gasteiger partial charge in [-0.3, -0.25) is 10.1 Å². The molecule has 1 aliphatic rings. The van der Waals surface area contributed by atoms with Gasteiger partial charge in [0.25, 0.3) is 5.91 Å². The third kappa shape index (κ3) is 4.73. The van der Waals surface area contributed by atoms with E-state index >= 15 is 0 Å². The number of imide groups is 1. The Bertz CT molecular complexity index is 273. The van der Waals surface area contributed by atoms with Crippen LogP contribution in [0.15, 0.2) is 0 Å². The number of quaternary nitrogens is 1. The first-order valence-corrected chi connectivity index (χ1v) is 6.46. The Balaban J connectivity index is 2.37. The Morgan fingerprint density at radius 2 is 1.65 bits per heavy atom. The first-order valence-electron chi connectivity index (χ1n) is 6.46. The molecule has 0 aromatic heterocycles. The topological polar surface area (TPSA) is 62.6 Å². The van der Waals surface area contributed by atoms with E-state index in [1.807, 2.05) is 20.8 Å². The maximum atomic E-state index is 11.8. The fourth-order valence-electron chi connectivity index (χ4n) is 2.14. The number of amides is 3.